The first-order valence-corrected chi connectivity index (χ1v) is 8.02. The molecule has 0 saturated carbocycles. The maximum atomic E-state index is 11.7. The van der Waals surface area contributed by atoms with Gasteiger partial charge in [0.25, 0.3) is 0 Å². The number of urea groups is 1. The maximum absolute atomic E-state index is 11.7. The van der Waals surface area contributed by atoms with Crippen LogP contribution < -0.4 is 16.4 Å². The number of primary amides is 1. The zero-order valence-corrected chi connectivity index (χ0v) is 13.4. The maximum Gasteiger partial charge on any atom is 0.326 e. The van der Waals surface area contributed by atoms with Crippen LogP contribution in [0, 0.1) is 0 Å². The van der Waals surface area contributed by atoms with Gasteiger partial charge in [-0.1, -0.05) is 39.0 Å². The first-order valence-electron chi connectivity index (χ1n) is 8.02. The lowest BCUT2D eigenvalue weighted by atomic mass is 10.1. The van der Waals surface area contributed by atoms with Gasteiger partial charge >= 0.3 is 12.0 Å². The summed E-state index contributed by atoms with van der Waals surface area (Å²) in [7, 11) is 0. The highest BCUT2D eigenvalue weighted by Crippen LogP contribution is 2.07. The molecule has 5 N–H and O–H groups in total. The van der Waals surface area contributed by atoms with Gasteiger partial charge in [0.2, 0.25) is 5.91 Å². The fourth-order valence-electron chi connectivity index (χ4n) is 2.11. The summed E-state index contributed by atoms with van der Waals surface area (Å²) in [6.07, 6.45) is 7.53. The number of aliphatic carboxylic acids is 1. The zero-order chi connectivity index (χ0) is 16.8. The molecule has 0 aromatic heterocycles. The molecule has 0 aromatic rings. The Balaban J connectivity index is 3.84. The van der Waals surface area contributed by atoms with Crippen LogP contribution in [0.1, 0.15) is 64.7 Å². The van der Waals surface area contributed by atoms with Crippen molar-refractivity contribution in [1.82, 2.24) is 10.6 Å². The van der Waals surface area contributed by atoms with E-state index in [1.807, 2.05) is 0 Å². The number of carboxylic acid groups (broad SMARTS) is 1. The minimum absolute atomic E-state index is 0.231. The van der Waals surface area contributed by atoms with Crippen molar-refractivity contribution < 1.29 is 19.5 Å². The van der Waals surface area contributed by atoms with Crippen LogP contribution in [0.5, 0.6) is 0 Å². The molecule has 0 unspecified atom stereocenters. The van der Waals surface area contributed by atoms with Crippen molar-refractivity contribution in [2.45, 2.75) is 70.8 Å². The summed E-state index contributed by atoms with van der Waals surface area (Å²) in [6.45, 7) is 2.45. The fraction of sp³-hybridized carbons (Fsp3) is 0.800. The average molecular weight is 315 g/mol. The molecule has 0 heterocycles. The monoisotopic (exact) mass is 315 g/mol. The number of hydrogen-bond donors (Lipinski definition) is 4. The van der Waals surface area contributed by atoms with E-state index in [9.17, 15) is 14.4 Å². The number of carboxylic acids is 1. The van der Waals surface area contributed by atoms with Crippen LogP contribution >= 0.6 is 0 Å². The van der Waals surface area contributed by atoms with Gasteiger partial charge in [-0.15, -0.1) is 0 Å². The van der Waals surface area contributed by atoms with Crippen molar-refractivity contribution in [2.24, 2.45) is 5.73 Å². The molecule has 0 aliphatic heterocycles. The van der Waals surface area contributed by atoms with Gasteiger partial charge in [-0.25, -0.2) is 9.59 Å². The molecule has 0 saturated heterocycles. The molecule has 0 aliphatic rings. The van der Waals surface area contributed by atoms with E-state index in [4.69, 9.17) is 10.8 Å². The van der Waals surface area contributed by atoms with E-state index in [0.717, 1.165) is 19.3 Å². The van der Waals surface area contributed by atoms with E-state index in [-0.39, 0.29) is 12.3 Å². The van der Waals surface area contributed by atoms with Crippen LogP contribution in [0.25, 0.3) is 0 Å². The van der Waals surface area contributed by atoms with E-state index >= 15 is 0 Å². The first-order chi connectivity index (χ1) is 10.5. The average Bonchev–Trinajstić information content (AvgIpc) is 2.45. The molecular weight excluding hydrogens is 286 g/mol. The van der Waals surface area contributed by atoms with Crippen LogP contribution in [-0.2, 0) is 9.59 Å². The van der Waals surface area contributed by atoms with E-state index in [1.165, 1.54) is 19.3 Å². The minimum Gasteiger partial charge on any atom is -0.480 e. The number of nitrogens with one attached hydrogen (secondary N) is 2. The predicted octanol–water partition coefficient (Wildman–Crippen LogP) is 1.75. The van der Waals surface area contributed by atoms with Gasteiger partial charge in [-0.2, -0.15) is 0 Å². The van der Waals surface area contributed by atoms with E-state index < -0.39 is 18.0 Å². The molecule has 1 atom stereocenters. The SMILES string of the molecule is CCCCCCCCC(=O)N[C@@H](CCCNC(N)=O)C(=O)O. The predicted molar refractivity (Wildman–Crippen MR) is 84.4 cm³/mol. The van der Waals surface area contributed by atoms with E-state index in [2.05, 4.69) is 17.6 Å². The Hall–Kier alpha value is -1.79. The zero-order valence-electron chi connectivity index (χ0n) is 13.4. The Morgan fingerprint density at radius 2 is 1.68 bits per heavy atom. The van der Waals surface area contributed by atoms with Crippen molar-refractivity contribution in [3.8, 4) is 0 Å². The van der Waals surface area contributed by atoms with Gasteiger partial charge in [0, 0.05) is 13.0 Å². The van der Waals surface area contributed by atoms with Crippen LogP contribution in [0.4, 0.5) is 4.79 Å². The Labute approximate surface area is 132 Å². The number of unbranched alkanes of at least 4 members (excludes halogenated alkanes) is 5. The molecule has 0 bridgehead atoms. The van der Waals surface area contributed by atoms with Gasteiger partial charge in [-0.05, 0) is 19.3 Å². The lowest BCUT2D eigenvalue weighted by Gasteiger charge is -2.14. The van der Waals surface area contributed by atoms with Crippen molar-refractivity contribution in [1.29, 1.82) is 0 Å². The topological polar surface area (TPSA) is 122 Å². The van der Waals surface area contributed by atoms with Crippen molar-refractivity contribution >= 4 is 17.9 Å². The highest BCUT2D eigenvalue weighted by atomic mass is 16.4. The summed E-state index contributed by atoms with van der Waals surface area (Å²) >= 11 is 0. The minimum atomic E-state index is -1.06. The number of rotatable bonds is 13. The Kier molecular flexibility index (Phi) is 11.9. The largest absolute Gasteiger partial charge is 0.480 e. The third-order valence-corrected chi connectivity index (χ3v) is 3.36. The molecule has 0 spiro atoms. The lowest BCUT2D eigenvalue weighted by molar-refractivity contribution is -0.142. The van der Waals surface area contributed by atoms with E-state index in [1.54, 1.807) is 0 Å². The van der Waals surface area contributed by atoms with Gasteiger partial charge in [-0.3, -0.25) is 4.79 Å². The molecule has 0 fully saturated rings. The molecule has 0 aromatic carbocycles. The smallest absolute Gasteiger partial charge is 0.326 e. The molecule has 128 valence electrons. The van der Waals surface area contributed by atoms with E-state index in [0.29, 0.717) is 19.4 Å². The van der Waals surface area contributed by atoms with Crippen molar-refractivity contribution in [3.63, 3.8) is 0 Å². The molecule has 7 nitrogen and oxygen atoms in total. The van der Waals surface area contributed by atoms with Gasteiger partial charge in [0.05, 0.1) is 0 Å². The molecule has 0 aliphatic carbocycles. The van der Waals surface area contributed by atoms with Crippen LogP contribution in [0.15, 0.2) is 0 Å². The quantitative estimate of drug-likeness (QED) is 0.387. The molecular formula is C15H29N3O4. The molecule has 0 rings (SSSR count). The Bertz CT molecular complexity index is 348. The second-order valence-corrected chi connectivity index (χ2v) is 5.41. The highest BCUT2D eigenvalue weighted by Gasteiger charge is 2.19. The van der Waals surface area contributed by atoms with Crippen molar-refractivity contribution in [3.05, 3.63) is 0 Å². The summed E-state index contributed by atoms with van der Waals surface area (Å²) in [5.74, 6) is -1.29. The van der Waals surface area contributed by atoms with Crippen LogP contribution in [0.2, 0.25) is 0 Å². The standard InChI is InChI=1S/C15H29N3O4/c1-2-3-4-5-6-7-10-13(19)18-12(14(20)21)9-8-11-17-15(16)22/h12H,2-11H2,1H3,(H,18,19)(H,20,21)(H3,16,17,22)/t12-/m0/s1. The second kappa shape index (κ2) is 12.9. The fourth-order valence-corrected chi connectivity index (χ4v) is 2.11. The van der Waals surface area contributed by atoms with Crippen LogP contribution in [0.3, 0.4) is 0 Å². The highest BCUT2D eigenvalue weighted by molar-refractivity contribution is 5.83. The second-order valence-electron chi connectivity index (χ2n) is 5.41. The summed E-state index contributed by atoms with van der Waals surface area (Å²) in [5.41, 5.74) is 4.91. The number of nitrogens with two attached hydrogens (primary N) is 1. The Morgan fingerprint density at radius 1 is 1.05 bits per heavy atom. The molecule has 3 amide bonds. The number of carbonyl (C=O) groups excluding carboxylic acids is 2. The molecule has 22 heavy (non-hydrogen) atoms. The van der Waals surface area contributed by atoms with Gasteiger partial charge in [0.1, 0.15) is 6.04 Å². The third kappa shape index (κ3) is 12.0. The molecule has 0 radical (unpaired) electrons. The lowest BCUT2D eigenvalue weighted by Crippen LogP contribution is -2.41. The number of hydrogen-bond acceptors (Lipinski definition) is 3. The summed E-state index contributed by atoms with van der Waals surface area (Å²) in [6, 6.07) is -1.55. The van der Waals surface area contributed by atoms with Gasteiger partial charge in [0.15, 0.2) is 0 Å². The summed E-state index contributed by atoms with van der Waals surface area (Å²) in [5, 5.41) is 14.0. The first kappa shape index (κ1) is 20.2. The van der Waals surface area contributed by atoms with Crippen molar-refractivity contribution in [2.75, 3.05) is 6.54 Å². The molecule has 7 heteroatoms. The Morgan fingerprint density at radius 3 is 2.27 bits per heavy atom. The number of amides is 3. The number of carbonyl (C=O) groups is 3. The summed E-state index contributed by atoms with van der Waals surface area (Å²) in [4.78, 5) is 33.3. The normalized spacial score (nSPS) is 11.7. The van der Waals surface area contributed by atoms with Gasteiger partial charge < -0.3 is 21.5 Å². The van der Waals surface area contributed by atoms with Crippen LogP contribution in [-0.4, -0.2) is 35.6 Å². The summed E-state index contributed by atoms with van der Waals surface area (Å²) < 4.78 is 0. The third-order valence-electron chi connectivity index (χ3n) is 3.36.